The highest BCUT2D eigenvalue weighted by Crippen LogP contribution is 2.51. The second-order valence-corrected chi connectivity index (χ2v) is 8.94. The van der Waals surface area contributed by atoms with Crippen LogP contribution in [-0.4, -0.2) is 25.7 Å². The van der Waals surface area contributed by atoms with E-state index in [-0.39, 0.29) is 12.5 Å². The fourth-order valence-electron chi connectivity index (χ4n) is 4.89. The van der Waals surface area contributed by atoms with Gasteiger partial charge in [-0.1, -0.05) is 110 Å². The van der Waals surface area contributed by atoms with Crippen molar-refractivity contribution >= 4 is 5.97 Å². The van der Waals surface area contributed by atoms with Gasteiger partial charge in [0.1, 0.15) is 6.04 Å². The van der Waals surface area contributed by atoms with Gasteiger partial charge in [0.05, 0.1) is 12.6 Å². The number of rotatable bonds is 8. The molecule has 1 atom stereocenters. The summed E-state index contributed by atoms with van der Waals surface area (Å²) in [5.74, 6) is -0.365. The molecule has 6 nitrogen and oxygen atoms in total. The summed E-state index contributed by atoms with van der Waals surface area (Å²) in [6.45, 7) is 4.16. The van der Waals surface area contributed by atoms with Gasteiger partial charge in [0.15, 0.2) is 0 Å². The maximum absolute atomic E-state index is 13.2. The zero-order valence-electron chi connectivity index (χ0n) is 19.6. The molecule has 34 heavy (non-hydrogen) atoms. The average molecular weight is 453 g/mol. The molecule has 0 radical (unpaired) electrons. The van der Waals surface area contributed by atoms with Crippen LogP contribution in [0.3, 0.4) is 0 Å². The van der Waals surface area contributed by atoms with Crippen molar-refractivity contribution in [3.63, 3.8) is 0 Å². The molecule has 3 aromatic rings. The van der Waals surface area contributed by atoms with Crippen LogP contribution in [0, 0.1) is 5.41 Å². The number of esters is 1. The van der Waals surface area contributed by atoms with Crippen molar-refractivity contribution in [2.24, 2.45) is 10.5 Å². The number of azide groups is 1. The molecular weight excluding hydrogens is 424 g/mol. The zero-order chi connectivity index (χ0) is 24.2. The van der Waals surface area contributed by atoms with Crippen LogP contribution in [0.15, 0.2) is 96.1 Å². The quantitative estimate of drug-likeness (QED) is 0.150. The number of nitrogens with one attached hydrogen (secondary N) is 1. The van der Waals surface area contributed by atoms with Crippen molar-refractivity contribution in [1.82, 2.24) is 5.32 Å². The lowest BCUT2D eigenvalue weighted by molar-refractivity contribution is -0.146. The van der Waals surface area contributed by atoms with Crippen molar-refractivity contribution < 1.29 is 9.53 Å². The second kappa shape index (κ2) is 9.56. The first-order valence-corrected chi connectivity index (χ1v) is 11.2. The molecule has 4 rings (SSSR count). The van der Waals surface area contributed by atoms with E-state index in [0.29, 0.717) is 0 Å². The molecule has 1 aliphatic carbocycles. The molecule has 0 saturated carbocycles. The largest absolute Gasteiger partial charge is 0.468 e. The third-order valence-corrected chi connectivity index (χ3v) is 6.50. The SMILES string of the molecule is COC(=O)[C@H](NC1(c2ccccc2)c2ccccc2-c2ccccc21)C(C)(C)/C=C\CN=[N+]=[N-]. The highest BCUT2D eigenvalue weighted by atomic mass is 16.5. The summed E-state index contributed by atoms with van der Waals surface area (Å²) in [6.07, 6.45) is 3.69. The van der Waals surface area contributed by atoms with Crippen LogP contribution in [0.5, 0.6) is 0 Å². The number of ether oxygens (including phenoxy) is 1. The summed E-state index contributed by atoms with van der Waals surface area (Å²) in [5.41, 5.74) is 12.7. The maximum atomic E-state index is 13.2. The molecule has 0 aromatic heterocycles. The van der Waals surface area contributed by atoms with Crippen molar-refractivity contribution in [3.05, 3.63) is 118 Å². The smallest absolute Gasteiger partial charge is 0.323 e. The number of fused-ring (bicyclic) bond motifs is 3. The average Bonchev–Trinajstić information content (AvgIpc) is 3.16. The Morgan fingerprint density at radius 2 is 1.59 bits per heavy atom. The number of hydrogen-bond donors (Lipinski definition) is 1. The first kappa shape index (κ1) is 23.3. The maximum Gasteiger partial charge on any atom is 0.323 e. The van der Waals surface area contributed by atoms with E-state index < -0.39 is 17.0 Å². The minimum atomic E-state index is -0.761. The van der Waals surface area contributed by atoms with Gasteiger partial charge in [-0.3, -0.25) is 10.1 Å². The third-order valence-electron chi connectivity index (χ3n) is 6.50. The summed E-state index contributed by atoms with van der Waals surface area (Å²) < 4.78 is 5.28. The van der Waals surface area contributed by atoms with Gasteiger partial charge in [0, 0.05) is 16.9 Å². The number of carbonyl (C=O) groups excluding carboxylic acids is 1. The lowest BCUT2D eigenvalue weighted by Gasteiger charge is -2.41. The van der Waals surface area contributed by atoms with Gasteiger partial charge >= 0.3 is 5.97 Å². The fraction of sp³-hybridized carbons (Fsp3) is 0.250. The second-order valence-electron chi connectivity index (χ2n) is 8.94. The van der Waals surface area contributed by atoms with Gasteiger partial charge in [0.2, 0.25) is 0 Å². The number of nitrogens with zero attached hydrogens (tertiary/aromatic N) is 3. The molecule has 0 aliphatic heterocycles. The lowest BCUT2D eigenvalue weighted by atomic mass is 9.76. The Morgan fingerprint density at radius 1 is 1.03 bits per heavy atom. The summed E-state index contributed by atoms with van der Waals surface area (Å²) in [7, 11) is 1.41. The minimum absolute atomic E-state index is 0.212. The van der Waals surface area contributed by atoms with Crippen molar-refractivity contribution in [1.29, 1.82) is 0 Å². The molecule has 6 heteroatoms. The number of hydrogen-bond acceptors (Lipinski definition) is 4. The molecule has 172 valence electrons. The molecule has 0 saturated heterocycles. The van der Waals surface area contributed by atoms with Gasteiger partial charge in [-0.05, 0) is 33.3 Å². The van der Waals surface area contributed by atoms with E-state index in [1.165, 1.54) is 7.11 Å². The molecule has 3 aromatic carbocycles. The molecule has 1 aliphatic rings. The van der Waals surface area contributed by atoms with Crippen LogP contribution in [0.2, 0.25) is 0 Å². The molecule has 0 unspecified atom stereocenters. The van der Waals surface area contributed by atoms with Crippen LogP contribution in [0.1, 0.15) is 30.5 Å². The van der Waals surface area contributed by atoms with Crippen molar-refractivity contribution in [2.45, 2.75) is 25.4 Å². The molecule has 0 fully saturated rings. The number of methoxy groups -OCH3 is 1. The summed E-state index contributed by atoms with van der Waals surface area (Å²) in [5, 5.41) is 7.34. The predicted molar refractivity (Wildman–Crippen MR) is 134 cm³/mol. The first-order valence-electron chi connectivity index (χ1n) is 11.2. The Labute approximate surface area is 199 Å². The summed E-state index contributed by atoms with van der Waals surface area (Å²) in [4.78, 5) is 16.0. The standard InChI is InChI=1S/C28H28N4O2/c1-27(2,18-11-19-30-32-29)25(26(33)34-3)31-28(20-12-5-4-6-13-20)23-16-9-7-14-21(23)22-15-8-10-17-24(22)28/h4-18,25,31H,19H2,1-3H3/b18-11-/t25-/m0/s1. The monoisotopic (exact) mass is 452 g/mol. The molecule has 1 N–H and O–H groups in total. The zero-order valence-corrected chi connectivity index (χ0v) is 19.6. The van der Waals surface area contributed by atoms with Gasteiger partial charge in [0.25, 0.3) is 0 Å². The minimum Gasteiger partial charge on any atom is -0.468 e. The van der Waals surface area contributed by atoms with Crippen LogP contribution >= 0.6 is 0 Å². The summed E-state index contributed by atoms with van der Waals surface area (Å²) >= 11 is 0. The number of benzene rings is 3. The van der Waals surface area contributed by atoms with E-state index in [4.69, 9.17) is 10.3 Å². The van der Waals surface area contributed by atoms with E-state index >= 15 is 0 Å². The highest BCUT2D eigenvalue weighted by molar-refractivity contribution is 5.84. The Hall–Kier alpha value is -3.86. The molecule has 0 amide bonds. The van der Waals surface area contributed by atoms with Crippen LogP contribution in [0.4, 0.5) is 0 Å². The van der Waals surface area contributed by atoms with Crippen LogP contribution in [0.25, 0.3) is 21.6 Å². The van der Waals surface area contributed by atoms with E-state index in [2.05, 4.69) is 51.7 Å². The molecule has 0 heterocycles. The van der Waals surface area contributed by atoms with Crippen LogP contribution in [-0.2, 0) is 15.1 Å². The third kappa shape index (κ3) is 3.98. The van der Waals surface area contributed by atoms with Gasteiger partial charge in [-0.2, -0.15) is 0 Å². The lowest BCUT2D eigenvalue weighted by Crippen LogP contribution is -2.57. The predicted octanol–water partition coefficient (Wildman–Crippen LogP) is 5.98. The first-order chi connectivity index (χ1) is 16.5. The topological polar surface area (TPSA) is 87.1 Å². The van der Waals surface area contributed by atoms with Gasteiger partial charge < -0.3 is 4.74 Å². The van der Waals surface area contributed by atoms with Gasteiger partial charge in [-0.25, -0.2) is 0 Å². The van der Waals surface area contributed by atoms with Crippen molar-refractivity contribution in [2.75, 3.05) is 13.7 Å². The normalized spacial score (nSPS) is 14.7. The number of carbonyl (C=O) groups is 1. The van der Waals surface area contributed by atoms with Crippen molar-refractivity contribution in [3.8, 4) is 11.1 Å². The summed E-state index contributed by atoms with van der Waals surface area (Å²) in [6, 6.07) is 26.1. The van der Waals surface area contributed by atoms with Gasteiger partial charge in [-0.15, -0.1) is 0 Å². The van der Waals surface area contributed by atoms with Crippen LogP contribution < -0.4 is 5.32 Å². The molecule has 0 spiro atoms. The molecular formula is C28H28N4O2. The van der Waals surface area contributed by atoms with E-state index in [9.17, 15) is 4.79 Å². The van der Waals surface area contributed by atoms with E-state index in [1.807, 2.05) is 62.4 Å². The Balaban J connectivity index is 1.94. The highest BCUT2D eigenvalue weighted by Gasteiger charge is 2.49. The van der Waals surface area contributed by atoms with E-state index in [0.717, 1.165) is 27.8 Å². The molecule has 0 bridgehead atoms. The fourth-order valence-corrected chi connectivity index (χ4v) is 4.89. The Bertz CT molecular complexity index is 1210. The Morgan fingerprint density at radius 3 is 2.15 bits per heavy atom. The Kier molecular flexibility index (Phi) is 6.55. The van der Waals surface area contributed by atoms with E-state index in [1.54, 1.807) is 6.08 Å².